The molecule has 0 radical (unpaired) electrons. The Balaban J connectivity index is 5.82. The van der Waals surface area contributed by atoms with Crippen LogP contribution in [-0.2, 0) is 4.57 Å². The Morgan fingerprint density at radius 3 is 1.65 bits per heavy atom. The van der Waals surface area contributed by atoms with Crippen LogP contribution in [-0.4, -0.2) is 51.5 Å². The lowest BCUT2D eigenvalue weighted by Crippen LogP contribution is -2.58. The fourth-order valence-electron chi connectivity index (χ4n) is 2.38. The van der Waals surface area contributed by atoms with Crippen molar-refractivity contribution >= 4 is 7.75 Å². The van der Waals surface area contributed by atoms with E-state index >= 15 is 0 Å². The Bertz CT molecular complexity index is 405. The number of alkyl halides is 6. The van der Waals surface area contributed by atoms with E-state index in [2.05, 4.69) is 5.32 Å². The summed E-state index contributed by atoms with van der Waals surface area (Å²) in [6, 6.07) is -0.949. The standard InChI is InChI=1S/C11H21F6N2O3P/c1-4-18-9(5-10(12,13)14,6-11(15,16)17)7-19(8(2)3)23(20,21)22/h8,18H,4-7H2,1-3H3,(H2,20,21,22). The molecule has 0 aliphatic rings. The fraction of sp³-hybridized carbons (Fsp3) is 1.00. The van der Waals surface area contributed by atoms with Gasteiger partial charge < -0.3 is 15.1 Å². The van der Waals surface area contributed by atoms with E-state index in [1.54, 1.807) is 0 Å². The van der Waals surface area contributed by atoms with E-state index in [4.69, 9.17) is 0 Å². The van der Waals surface area contributed by atoms with Gasteiger partial charge in [-0.15, -0.1) is 0 Å². The summed E-state index contributed by atoms with van der Waals surface area (Å²) in [7, 11) is -5.02. The number of halogens is 6. The second-order valence-corrected chi connectivity index (χ2v) is 7.14. The van der Waals surface area contributed by atoms with Gasteiger partial charge in [0.25, 0.3) is 0 Å². The quantitative estimate of drug-likeness (QED) is 0.450. The van der Waals surface area contributed by atoms with Crippen molar-refractivity contribution in [2.24, 2.45) is 0 Å². The Labute approximate surface area is 130 Å². The lowest BCUT2D eigenvalue weighted by atomic mass is 9.89. The molecule has 0 aromatic rings. The monoisotopic (exact) mass is 374 g/mol. The van der Waals surface area contributed by atoms with Gasteiger partial charge in [0.05, 0.1) is 12.8 Å². The van der Waals surface area contributed by atoms with Crippen LogP contribution in [0.2, 0.25) is 0 Å². The van der Waals surface area contributed by atoms with Gasteiger partial charge in [-0.2, -0.15) is 26.3 Å². The minimum absolute atomic E-state index is 0.223. The van der Waals surface area contributed by atoms with Crippen molar-refractivity contribution in [3.63, 3.8) is 0 Å². The van der Waals surface area contributed by atoms with Gasteiger partial charge in [0.2, 0.25) is 0 Å². The van der Waals surface area contributed by atoms with Crippen molar-refractivity contribution in [1.29, 1.82) is 0 Å². The first-order chi connectivity index (χ1) is 10.0. The van der Waals surface area contributed by atoms with E-state index in [-0.39, 0.29) is 6.54 Å². The lowest BCUT2D eigenvalue weighted by Gasteiger charge is -2.41. The van der Waals surface area contributed by atoms with Crippen molar-refractivity contribution in [2.75, 3.05) is 13.1 Å². The van der Waals surface area contributed by atoms with E-state index < -0.39 is 51.1 Å². The first kappa shape index (κ1) is 22.6. The Morgan fingerprint density at radius 2 is 1.43 bits per heavy atom. The largest absolute Gasteiger partial charge is 0.403 e. The van der Waals surface area contributed by atoms with Gasteiger partial charge in [0.1, 0.15) is 0 Å². The summed E-state index contributed by atoms with van der Waals surface area (Å²) in [6.45, 7) is 2.55. The Kier molecular flexibility index (Phi) is 7.57. The molecule has 5 nitrogen and oxygen atoms in total. The molecule has 0 amide bonds. The normalized spacial score (nSPS) is 14.8. The van der Waals surface area contributed by atoms with Gasteiger partial charge in [-0.25, -0.2) is 9.24 Å². The molecule has 0 aromatic carbocycles. The van der Waals surface area contributed by atoms with Gasteiger partial charge in [-0.1, -0.05) is 6.92 Å². The minimum atomic E-state index is -5.02. The maximum absolute atomic E-state index is 12.8. The summed E-state index contributed by atoms with van der Waals surface area (Å²) < 4.78 is 88.4. The topological polar surface area (TPSA) is 72.8 Å². The summed E-state index contributed by atoms with van der Waals surface area (Å²) in [5.74, 6) is 0. The zero-order valence-corrected chi connectivity index (χ0v) is 13.8. The van der Waals surface area contributed by atoms with Gasteiger partial charge >= 0.3 is 20.1 Å². The fourth-order valence-corrected chi connectivity index (χ4v) is 3.44. The SMILES string of the molecule is CCNC(CN(C(C)C)P(=O)(O)O)(CC(F)(F)F)CC(F)(F)F. The van der Waals surface area contributed by atoms with Crippen molar-refractivity contribution in [1.82, 2.24) is 9.99 Å². The molecule has 0 fully saturated rings. The highest BCUT2D eigenvalue weighted by Gasteiger charge is 2.51. The second kappa shape index (κ2) is 7.69. The van der Waals surface area contributed by atoms with Crippen molar-refractivity contribution in [2.45, 2.75) is 57.5 Å². The smallest absolute Gasteiger partial charge is 0.312 e. The number of nitrogens with one attached hydrogen (secondary N) is 1. The molecule has 0 aromatic heterocycles. The summed E-state index contributed by atoms with van der Waals surface area (Å²) in [5, 5.41) is 2.14. The van der Waals surface area contributed by atoms with E-state index in [9.17, 15) is 40.7 Å². The predicted molar refractivity (Wildman–Crippen MR) is 71.6 cm³/mol. The highest BCUT2D eigenvalue weighted by atomic mass is 31.2. The van der Waals surface area contributed by atoms with Crippen LogP contribution in [0.15, 0.2) is 0 Å². The first-order valence-electron chi connectivity index (χ1n) is 6.72. The van der Waals surface area contributed by atoms with Crippen LogP contribution in [0, 0.1) is 0 Å². The molecule has 0 saturated carbocycles. The number of likely N-dealkylation sites (N-methyl/N-ethyl adjacent to an activating group) is 1. The number of rotatable bonds is 8. The van der Waals surface area contributed by atoms with E-state index in [0.717, 1.165) is 0 Å². The maximum atomic E-state index is 12.8. The zero-order chi connectivity index (χ0) is 18.7. The van der Waals surface area contributed by atoms with E-state index in [1.807, 2.05) is 0 Å². The van der Waals surface area contributed by atoms with Gasteiger partial charge in [0.15, 0.2) is 0 Å². The molecule has 0 saturated heterocycles. The highest BCUT2D eigenvalue weighted by Crippen LogP contribution is 2.45. The number of hydrogen-bond donors (Lipinski definition) is 3. The van der Waals surface area contributed by atoms with E-state index in [1.165, 1.54) is 20.8 Å². The molecule has 12 heteroatoms. The van der Waals surface area contributed by atoms with Crippen molar-refractivity contribution < 1.29 is 40.7 Å². The Morgan fingerprint density at radius 1 is 1.04 bits per heavy atom. The number of hydrogen-bond acceptors (Lipinski definition) is 2. The van der Waals surface area contributed by atoms with Crippen molar-refractivity contribution in [3.8, 4) is 0 Å². The van der Waals surface area contributed by atoms with Gasteiger partial charge in [-0.3, -0.25) is 0 Å². The zero-order valence-electron chi connectivity index (χ0n) is 12.9. The molecule has 3 N–H and O–H groups in total. The molecule has 0 rings (SSSR count). The maximum Gasteiger partial charge on any atom is 0.403 e. The molecule has 0 aliphatic carbocycles. The van der Waals surface area contributed by atoms with Gasteiger partial charge in [-0.05, 0) is 20.4 Å². The molecule has 23 heavy (non-hydrogen) atoms. The van der Waals surface area contributed by atoms with E-state index in [0.29, 0.717) is 4.67 Å². The highest BCUT2D eigenvalue weighted by molar-refractivity contribution is 7.49. The lowest BCUT2D eigenvalue weighted by molar-refractivity contribution is -0.184. The van der Waals surface area contributed by atoms with Gasteiger partial charge in [0, 0.05) is 18.1 Å². The third-order valence-corrected chi connectivity index (χ3v) is 4.30. The molecular weight excluding hydrogens is 353 g/mol. The molecular formula is C11H21F6N2O3P. The summed E-state index contributed by atoms with van der Waals surface area (Å²) >= 11 is 0. The molecule has 0 aliphatic heterocycles. The average molecular weight is 374 g/mol. The van der Waals surface area contributed by atoms with Crippen LogP contribution in [0.3, 0.4) is 0 Å². The average Bonchev–Trinajstić information content (AvgIpc) is 2.19. The molecule has 0 spiro atoms. The minimum Gasteiger partial charge on any atom is -0.312 e. The predicted octanol–water partition coefficient (Wildman–Crippen LogP) is 3.04. The van der Waals surface area contributed by atoms with Crippen LogP contribution < -0.4 is 5.32 Å². The Hall–Kier alpha value is -0.350. The van der Waals surface area contributed by atoms with Crippen LogP contribution >= 0.6 is 7.75 Å². The molecule has 0 unspecified atom stereocenters. The molecule has 0 atom stereocenters. The molecule has 0 bridgehead atoms. The molecule has 140 valence electrons. The van der Waals surface area contributed by atoms with Crippen LogP contribution in [0.25, 0.3) is 0 Å². The molecule has 0 heterocycles. The van der Waals surface area contributed by atoms with Crippen LogP contribution in [0.4, 0.5) is 26.3 Å². The van der Waals surface area contributed by atoms with Crippen LogP contribution in [0.1, 0.15) is 33.6 Å². The first-order valence-corrected chi connectivity index (χ1v) is 8.29. The second-order valence-electron chi connectivity index (χ2n) is 5.60. The third kappa shape index (κ3) is 8.90. The summed E-state index contributed by atoms with van der Waals surface area (Å²) in [5.41, 5.74) is -2.59. The number of nitrogens with zero attached hydrogens (tertiary/aromatic N) is 1. The third-order valence-electron chi connectivity index (χ3n) is 3.02. The van der Waals surface area contributed by atoms with Crippen LogP contribution in [0.5, 0.6) is 0 Å². The summed E-state index contributed by atoms with van der Waals surface area (Å²) in [4.78, 5) is 18.4. The summed E-state index contributed by atoms with van der Waals surface area (Å²) in [6.07, 6.45) is -13.6. The van der Waals surface area contributed by atoms with Crippen molar-refractivity contribution in [3.05, 3.63) is 0 Å².